The number of carbonyl (C=O) groups is 3. The number of rotatable bonds is 5. The molecule has 2 N–H and O–H groups in total. The molecule has 162 valence electrons. The van der Waals surface area contributed by atoms with Crippen molar-refractivity contribution >= 4 is 29.2 Å². The third-order valence-corrected chi connectivity index (χ3v) is 5.05. The Bertz CT molecular complexity index is 1010. The topological polar surface area (TPSA) is 112 Å². The van der Waals surface area contributed by atoms with E-state index in [9.17, 15) is 28.4 Å². The van der Waals surface area contributed by atoms with E-state index < -0.39 is 47.3 Å². The summed E-state index contributed by atoms with van der Waals surface area (Å²) >= 11 is 0. The number of nitrogens with one attached hydrogen (secondary N) is 2. The number of hydrogen-bond acceptors (Lipinski definition) is 6. The number of allylic oxidation sites excluding steroid dienone is 2. The van der Waals surface area contributed by atoms with E-state index in [1.54, 1.807) is 6.92 Å². The van der Waals surface area contributed by atoms with E-state index in [0.29, 0.717) is 5.57 Å². The zero-order valence-corrected chi connectivity index (χ0v) is 16.8. The van der Waals surface area contributed by atoms with Crippen LogP contribution in [0.15, 0.2) is 35.9 Å². The van der Waals surface area contributed by atoms with Crippen molar-refractivity contribution in [2.24, 2.45) is 5.92 Å². The maximum absolute atomic E-state index is 14.8. The second kappa shape index (κ2) is 8.95. The van der Waals surface area contributed by atoms with Crippen molar-refractivity contribution in [3.8, 4) is 6.07 Å². The van der Waals surface area contributed by atoms with Crippen molar-refractivity contribution in [3.05, 3.63) is 47.6 Å². The van der Waals surface area contributed by atoms with Crippen LogP contribution in [-0.2, 0) is 14.3 Å². The van der Waals surface area contributed by atoms with Crippen LogP contribution in [0.3, 0.4) is 0 Å². The zero-order chi connectivity index (χ0) is 22.7. The largest absolute Gasteiger partial charge is 0.442 e. The molecule has 1 aliphatic carbocycles. The predicted molar refractivity (Wildman–Crippen MR) is 107 cm³/mol. The Labute approximate surface area is 177 Å². The summed E-state index contributed by atoms with van der Waals surface area (Å²) in [4.78, 5) is 36.5. The van der Waals surface area contributed by atoms with E-state index in [4.69, 9.17) is 4.74 Å². The molecule has 0 radical (unpaired) electrons. The SMILES string of the molecule is CC(=O)NC[C@H]1CN(c2cc(F)c(NC3C(=O)C=CC=C(C#N)C3C)c(F)c2)C(=O)O1. The predicted octanol–water partition coefficient (Wildman–Crippen LogP) is 2.43. The van der Waals surface area contributed by atoms with Crippen LogP contribution in [0.2, 0.25) is 0 Å². The number of nitriles is 1. The van der Waals surface area contributed by atoms with Gasteiger partial charge < -0.3 is 15.4 Å². The van der Waals surface area contributed by atoms with Crippen LogP contribution in [0.4, 0.5) is 25.0 Å². The number of halogens is 2. The number of ether oxygens (including phenoxy) is 1. The van der Waals surface area contributed by atoms with E-state index in [-0.39, 0.29) is 24.7 Å². The molecule has 10 heteroatoms. The van der Waals surface area contributed by atoms with Crippen molar-refractivity contribution in [3.63, 3.8) is 0 Å². The Morgan fingerprint density at radius 1 is 1.32 bits per heavy atom. The summed E-state index contributed by atoms with van der Waals surface area (Å²) in [7, 11) is 0. The van der Waals surface area contributed by atoms with Crippen LogP contribution in [-0.4, -0.2) is 43.0 Å². The van der Waals surface area contributed by atoms with Crippen molar-refractivity contribution in [2.75, 3.05) is 23.3 Å². The van der Waals surface area contributed by atoms with Gasteiger partial charge in [-0.3, -0.25) is 14.5 Å². The molecule has 3 rings (SSSR count). The molecule has 3 atom stereocenters. The summed E-state index contributed by atoms with van der Waals surface area (Å²) in [5.41, 5.74) is -0.306. The van der Waals surface area contributed by atoms with Gasteiger partial charge in [-0.25, -0.2) is 13.6 Å². The normalized spacial score (nSPS) is 23.0. The van der Waals surface area contributed by atoms with Gasteiger partial charge in [0.05, 0.1) is 30.9 Å². The van der Waals surface area contributed by atoms with Crippen LogP contribution in [0, 0.1) is 28.9 Å². The summed E-state index contributed by atoms with van der Waals surface area (Å²) < 4.78 is 34.7. The molecule has 0 spiro atoms. The Morgan fingerprint density at radius 3 is 2.61 bits per heavy atom. The molecule has 1 fully saturated rings. The molecular formula is C21H20F2N4O4. The fourth-order valence-corrected chi connectivity index (χ4v) is 3.37. The number of amides is 2. The fourth-order valence-electron chi connectivity index (χ4n) is 3.37. The Morgan fingerprint density at radius 2 is 2.00 bits per heavy atom. The molecular weight excluding hydrogens is 410 g/mol. The maximum Gasteiger partial charge on any atom is 0.414 e. The van der Waals surface area contributed by atoms with Gasteiger partial charge in [-0.15, -0.1) is 0 Å². The van der Waals surface area contributed by atoms with Gasteiger partial charge in [-0.2, -0.15) is 5.26 Å². The van der Waals surface area contributed by atoms with Crippen molar-refractivity contribution in [1.82, 2.24) is 5.32 Å². The quantitative estimate of drug-likeness (QED) is 0.742. The van der Waals surface area contributed by atoms with Gasteiger partial charge in [0.2, 0.25) is 5.91 Å². The number of ketones is 1. The first-order valence-electron chi connectivity index (χ1n) is 9.51. The summed E-state index contributed by atoms with van der Waals surface area (Å²) in [6, 6.07) is 2.84. The summed E-state index contributed by atoms with van der Waals surface area (Å²) in [6.07, 6.45) is 2.68. The lowest BCUT2D eigenvalue weighted by Crippen LogP contribution is -2.36. The molecule has 1 aliphatic heterocycles. The first-order chi connectivity index (χ1) is 14.7. The molecule has 2 amide bonds. The van der Waals surface area contributed by atoms with Gasteiger partial charge in [0.25, 0.3) is 0 Å². The van der Waals surface area contributed by atoms with E-state index in [0.717, 1.165) is 17.0 Å². The first-order valence-corrected chi connectivity index (χ1v) is 9.51. The number of nitrogens with zero attached hydrogens (tertiary/aromatic N) is 2. The molecule has 8 nitrogen and oxygen atoms in total. The van der Waals surface area contributed by atoms with E-state index in [1.165, 1.54) is 25.2 Å². The number of anilines is 2. The molecule has 1 aromatic rings. The van der Waals surface area contributed by atoms with E-state index in [1.807, 2.05) is 6.07 Å². The van der Waals surface area contributed by atoms with Gasteiger partial charge in [0, 0.05) is 30.5 Å². The molecule has 1 saturated heterocycles. The molecule has 31 heavy (non-hydrogen) atoms. The molecule has 1 heterocycles. The standard InChI is InChI=1S/C21H20F2N4O4/c1-11-13(8-24)4-3-5-18(29)19(11)26-20-16(22)6-14(7-17(20)23)27-10-15(31-21(27)30)9-25-12(2)28/h3-7,11,15,19,26H,9-10H2,1-2H3,(H,25,28)/t11?,15-,19?/m0/s1. The minimum Gasteiger partial charge on any atom is -0.442 e. The minimum absolute atomic E-state index is 0.00400. The smallest absolute Gasteiger partial charge is 0.414 e. The molecule has 2 aliphatic rings. The van der Waals surface area contributed by atoms with Crippen LogP contribution < -0.4 is 15.5 Å². The number of benzene rings is 1. The Balaban J connectivity index is 1.81. The number of carbonyl (C=O) groups excluding carboxylic acids is 3. The highest BCUT2D eigenvalue weighted by Gasteiger charge is 2.34. The van der Waals surface area contributed by atoms with Crippen LogP contribution in [0.1, 0.15) is 13.8 Å². The summed E-state index contributed by atoms with van der Waals surface area (Å²) in [5, 5.41) is 14.3. The zero-order valence-electron chi connectivity index (χ0n) is 16.8. The highest BCUT2D eigenvalue weighted by Crippen LogP contribution is 2.31. The second-order valence-electron chi connectivity index (χ2n) is 7.24. The maximum atomic E-state index is 14.8. The van der Waals surface area contributed by atoms with Gasteiger partial charge in [0.1, 0.15) is 11.8 Å². The third kappa shape index (κ3) is 4.71. The lowest BCUT2D eigenvalue weighted by atomic mass is 9.92. The van der Waals surface area contributed by atoms with Gasteiger partial charge in [0.15, 0.2) is 17.4 Å². The monoisotopic (exact) mass is 430 g/mol. The summed E-state index contributed by atoms with van der Waals surface area (Å²) in [6.45, 7) is 3.00. The fraction of sp³-hybridized carbons (Fsp3) is 0.333. The van der Waals surface area contributed by atoms with E-state index >= 15 is 0 Å². The van der Waals surface area contributed by atoms with Gasteiger partial charge >= 0.3 is 6.09 Å². The highest BCUT2D eigenvalue weighted by molar-refractivity contribution is 5.98. The van der Waals surface area contributed by atoms with Crippen LogP contribution in [0.25, 0.3) is 0 Å². The number of hydrogen-bond donors (Lipinski definition) is 2. The Kier molecular flexibility index (Phi) is 6.34. The molecule has 1 aromatic carbocycles. The van der Waals surface area contributed by atoms with E-state index in [2.05, 4.69) is 10.6 Å². The number of cyclic esters (lactones) is 1. The van der Waals surface area contributed by atoms with Crippen LogP contribution >= 0.6 is 0 Å². The first kappa shape index (κ1) is 22.0. The second-order valence-corrected chi connectivity index (χ2v) is 7.24. The van der Waals surface area contributed by atoms with Gasteiger partial charge in [-0.1, -0.05) is 13.0 Å². The van der Waals surface area contributed by atoms with Crippen molar-refractivity contribution < 1.29 is 27.9 Å². The highest BCUT2D eigenvalue weighted by atomic mass is 19.1. The molecule has 0 saturated carbocycles. The van der Waals surface area contributed by atoms with Crippen molar-refractivity contribution in [2.45, 2.75) is 26.0 Å². The van der Waals surface area contributed by atoms with Crippen molar-refractivity contribution in [1.29, 1.82) is 5.26 Å². The lowest BCUT2D eigenvalue weighted by Gasteiger charge is -2.24. The average Bonchev–Trinajstić information content (AvgIpc) is 3.02. The molecule has 2 unspecified atom stereocenters. The average molecular weight is 430 g/mol. The van der Waals surface area contributed by atoms with Crippen LogP contribution in [0.5, 0.6) is 0 Å². The Hall–Kier alpha value is -3.74. The molecule has 0 bridgehead atoms. The van der Waals surface area contributed by atoms with Gasteiger partial charge in [-0.05, 0) is 12.2 Å². The lowest BCUT2D eigenvalue weighted by molar-refractivity contribution is -0.119. The third-order valence-electron chi connectivity index (χ3n) is 5.05. The summed E-state index contributed by atoms with van der Waals surface area (Å²) in [5.74, 6) is -3.36. The minimum atomic E-state index is -1.04. The molecule has 0 aromatic heterocycles.